The van der Waals surface area contributed by atoms with Crippen LogP contribution in [0.2, 0.25) is 0 Å². The van der Waals surface area contributed by atoms with Crippen LogP contribution in [0, 0.1) is 23.7 Å². The summed E-state index contributed by atoms with van der Waals surface area (Å²) in [4.78, 5) is 203. The van der Waals surface area contributed by atoms with Crippen LogP contribution in [-0.2, 0) is 91.1 Å². The van der Waals surface area contributed by atoms with Gasteiger partial charge >= 0.3 is 12.0 Å². The molecule has 1 saturated heterocycles. The molecule has 0 saturated carbocycles. The molecule has 121 heavy (non-hydrogen) atoms. The number of phenolic OH excluding ortho intramolecular Hbond substituents is 1. The van der Waals surface area contributed by atoms with E-state index in [0.29, 0.717) is 48.9 Å². The molecule has 3 aromatic rings. The number of carboxylic acids is 1. The van der Waals surface area contributed by atoms with Gasteiger partial charge in [-0.2, -0.15) is 0 Å². The first-order chi connectivity index (χ1) is 57.5. The molecule has 0 unspecified atom stereocenters. The summed E-state index contributed by atoms with van der Waals surface area (Å²) < 4.78 is 12.2. The van der Waals surface area contributed by atoms with Crippen molar-refractivity contribution in [2.24, 2.45) is 45.9 Å². The van der Waals surface area contributed by atoms with E-state index in [9.17, 15) is 77.3 Å². The van der Waals surface area contributed by atoms with Crippen molar-refractivity contribution in [3.63, 3.8) is 0 Å². The zero-order valence-corrected chi connectivity index (χ0v) is 71.9. The molecule has 18 N–H and O–H groups in total. The second-order valence-electron chi connectivity index (χ2n) is 31.8. The SMILES string of the molecule is CC[C@H](C)[C@@H]([C@@H](CC(=O)N1CCC[C@H]1[C@H](OC)[C@@H](C)C(=O)N[C@@H](Cc1ccccc1)C(=O)NCCC(=O)N[C@@H](Cc1ccccc1)C(=O)N[C@@H](CCCNC(N)=O)C(=O)N[C@@H](CCCCNC(=O)[C@@H](CCCN=C(N)N)NCCN1C(=O)C=CC1=O)C(=O)N[C@@H](Cc1ccc(O)cc1)C(=O)O)OC)N(C)C(=O)[C@@H](NC(=O)[C@H](C(C)C)N(C)C)C(C)C. The number of rotatable bonds is 54. The summed E-state index contributed by atoms with van der Waals surface area (Å²) in [5.41, 5.74) is 18.1. The number of aliphatic imine (C=N–C) groups is 1. The van der Waals surface area contributed by atoms with Gasteiger partial charge in [-0.3, -0.25) is 72.3 Å². The molecule has 668 valence electrons. The van der Waals surface area contributed by atoms with E-state index in [-0.39, 0.29) is 151 Å². The number of aromatic hydroxyl groups is 1. The average Bonchev–Trinajstić information content (AvgIpc) is 1.77. The van der Waals surface area contributed by atoms with E-state index in [1.165, 1.54) is 38.5 Å². The number of nitrogens with one attached hydrogen (secondary N) is 10. The van der Waals surface area contributed by atoms with E-state index in [4.69, 9.17) is 26.7 Å². The maximum absolute atomic E-state index is 14.8. The first-order valence-corrected chi connectivity index (χ1v) is 41.6. The molecule has 1 fully saturated rings. The molecular weight excluding hydrogens is 1560 g/mol. The fraction of sp³-hybridized carbons (Fsp3) is 0.588. The topological polar surface area (TPSA) is 522 Å². The van der Waals surface area contributed by atoms with E-state index in [2.05, 4.69) is 58.2 Å². The van der Waals surface area contributed by atoms with Gasteiger partial charge in [0.1, 0.15) is 42.0 Å². The summed E-state index contributed by atoms with van der Waals surface area (Å²) in [5, 5.41) is 48.0. The number of likely N-dealkylation sites (N-methyl/N-ethyl adjacent to an activating group) is 2. The zero-order chi connectivity index (χ0) is 89.6. The number of primary amides is 1. The second kappa shape index (κ2) is 51.5. The van der Waals surface area contributed by atoms with E-state index in [0.717, 1.165) is 17.1 Å². The molecule has 0 radical (unpaired) electrons. The molecule has 2 aliphatic heterocycles. The maximum Gasteiger partial charge on any atom is 0.326 e. The lowest BCUT2D eigenvalue weighted by atomic mass is 9.89. The number of amides is 14. The maximum atomic E-state index is 14.8. The Hall–Kier alpha value is -11.1. The molecule has 36 heteroatoms. The third kappa shape index (κ3) is 33.1. The molecule has 2 heterocycles. The fourth-order valence-electron chi connectivity index (χ4n) is 15.1. The number of carboxylic acid groups (broad SMARTS) is 1. The van der Waals surface area contributed by atoms with E-state index in [1.54, 1.807) is 84.4 Å². The van der Waals surface area contributed by atoms with Gasteiger partial charge in [0.05, 0.1) is 48.7 Å². The Morgan fingerprint density at radius 2 is 1.09 bits per heavy atom. The summed E-state index contributed by atoms with van der Waals surface area (Å²) in [5.74, 6) is -10.1. The van der Waals surface area contributed by atoms with Crippen LogP contribution in [0.1, 0.15) is 142 Å². The number of hydrogen-bond donors (Lipinski definition) is 15. The third-order valence-corrected chi connectivity index (χ3v) is 21.8. The van der Waals surface area contributed by atoms with Crippen LogP contribution in [-0.4, -0.2) is 272 Å². The number of phenols is 1. The molecule has 14 atom stereocenters. The van der Waals surface area contributed by atoms with Gasteiger partial charge in [0.2, 0.25) is 59.1 Å². The lowest BCUT2D eigenvalue weighted by Crippen LogP contribution is -2.59. The molecule has 3 aromatic carbocycles. The number of hydrogen-bond acceptors (Lipinski definition) is 20. The summed E-state index contributed by atoms with van der Waals surface area (Å²) in [7, 11) is 8.25. The van der Waals surface area contributed by atoms with Crippen LogP contribution >= 0.6 is 0 Å². The number of nitrogens with two attached hydrogens (primary N) is 3. The second-order valence-corrected chi connectivity index (χ2v) is 31.8. The predicted molar refractivity (Wildman–Crippen MR) is 453 cm³/mol. The Bertz CT molecular complexity index is 3940. The Morgan fingerprint density at radius 3 is 1.63 bits per heavy atom. The molecular formula is C85H130N18O18. The van der Waals surface area contributed by atoms with Crippen molar-refractivity contribution in [2.45, 2.75) is 217 Å². The van der Waals surface area contributed by atoms with Gasteiger partial charge in [-0.1, -0.05) is 128 Å². The van der Waals surface area contributed by atoms with Crippen LogP contribution in [0.3, 0.4) is 0 Å². The van der Waals surface area contributed by atoms with Gasteiger partial charge in [0, 0.05) is 105 Å². The minimum atomic E-state index is -1.56. The highest BCUT2D eigenvalue weighted by molar-refractivity contribution is 6.13. The van der Waals surface area contributed by atoms with Crippen molar-refractivity contribution in [2.75, 3.05) is 81.2 Å². The molecule has 14 amide bonds. The highest BCUT2D eigenvalue weighted by atomic mass is 16.5. The third-order valence-electron chi connectivity index (χ3n) is 21.8. The van der Waals surface area contributed by atoms with E-state index < -0.39 is 150 Å². The molecule has 0 spiro atoms. The Balaban J connectivity index is 1.32. The van der Waals surface area contributed by atoms with Gasteiger partial charge < -0.3 is 99.9 Å². The molecule has 5 rings (SSSR count). The van der Waals surface area contributed by atoms with Crippen molar-refractivity contribution in [3.05, 3.63) is 114 Å². The molecule has 36 nitrogen and oxygen atoms in total. The number of nitrogens with zero attached hydrogens (tertiary/aromatic N) is 5. The molecule has 2 aliphatic rings. The van der Waals surface area contributed by atoms with Crippen molar-refractivity contribution >= 4 is 88.8 Å². The fourth-order valence-corrected chi connectivity index (χ4v) is 15.1. The summed E-state index contributed by atoms with van der Waals surface area (Å²) in [6, 6.07) is 11.7. The Kier molecular flexibility index (Phi) is 42.8. The van der Waals surface area contributed by atoms with Gasteiger partial charge in [-0.05, 0) is 118 Å². The van der Waals surface area contributed by atoms with Crippen LogP contribution < -0.4 is 70.4 Å². The van der Waals surface area contributed by atoms with Crippen LogP contribution in [0.25, 0.3) is 0 Å². The van der Waals surface area contributed by atoms with Crippen molar-refractivity contribution in [1.29, 1.82) is 0 Å². The number of unbranched alkanes of at least 4 members (excludes halogenated alkanes) is 1. The molecule has 0 bridgehead atoms. The average molecular weight is 1690 g/mol. The quantitative estimate of drug-likeness (QED) is 0.0160. The van der Waals surface area contributed by atoms with Gasteiger partial charge in [-0.25, -0.2) is 9.59 Å². The summed E-state index contributed by atoms with van der Waals surface area (Å²) in [6.07, 6.45) is 2.05. The number of urea groups is 1. The largest absolute Gasteiger partial charge is 0.508 e. The molecule has 0 aliphatic carbocycles. The molecule has 0 aromatic heterocycles. The van der Waals surface area contributed by atoms with Crippen molar-refractivity contribution in [1.82, 2.24) is 72.8 Å². The Morgan fingerprint density at radius 1 is 0.570 bits per heavy atom. The smallest absolute Gasteiger partial charge is 0.326 e. The first-order valence-electron chi connectivity index (χ1n) is 41.6. The van der Waals surface area contributed by atoms with Crippen LogP contribution in [0.5, 0.6) is 5.75 Å². The van der Waals surface area contributed by atoms with Crippen LogP contribution in [0.15, 0.2) is 102 Å². The van der Waals surface area contributed by atoms with E-state index >= 15 is 0 Å². The number of ether oxygens (including phenoxy) is 2. The minimum absolute atomic E-state index is 0.0110. The summed E-state index contributed by atoms with van der Waals surface area (Å²) in [6.45, 7) is 13.5. The van der Waals surface area contributed by atoms with Gasteiger partial charge in [-0.15, -0.1) is 0 Å². The van der Waals surface area contributed by atoms with Crippen molar-refractivity contribution in [3.8, 4) is 5.75 Å². The zero-order valence-electron chi connectivity index (χ0n) is 71.9. The number of imide groups is 1. The monoisotopic (exact) mass is 1690 g/mol. The van der Waals surface area contributed by atoms with Gasteiger partial charge in [0.15, 0.2) is 5.96 Å². The van der Waals surface area contributed by atoms with Crippen LogP contribution in [0.4, 0.5) is 4.79 Å². The Labute approximate surface area is 709 Å². The normalized spacial score (nSPS) is 16.5. The number of aliphatic carboxylic acids is 1. The minimum Gasteiger partial charge on any atom is -0.508 e. The first kappa shape index (κ1) is 100. The number of likely N-dealkylation sites (tertiary alicyclic amines) is 1. The van der Waals surface area contributed by atoms with Crippen molar-refractivity contribution < 1.29 is 86.8 Å². The number of carbonyl (C=O) groups excluding carboxylic acids is 13. The predicted octanol–water partition coefficient (Wildman–Crippen LogP) is 0.754. The standard InChI is InChI=1S/C85H130N18O18/c1-13-53(6)73(101(10)82(116)71(51(2)3)99-81(115)72(52(4)5)100(8)9)66(120-11)50-70(108)102-45-24-32-65(102)74(121-12)54(7)75(109)97-62(47-55-25-16-14-17-26-55)77(111)91-43-39-67(105)94-63(48-56-27-18-15-19-28-56)80(114)96-61(31-23-42-93-85(88)119)78(112)95-60(79(113)98-64(83(117)118)49-57-33-35-58(104)36-34-57)29-20-21-40-90-76(110)59(30-22-41-92-84(86)87)89-44-46-103-68(106)37-38-69(103)107/h14-19,25-28,33-38,51-54,59-66,71-74,89,104H,13,20-24,29-32,39-50H2,1-12H3,(H,90,110)(H,91,111)(H,94,105)(H,95,112)(H,96,114)(H,97,109)(H,98,113)(H,99,115)(H,117,118)(H4,86,87,92)(H3,88,93,119)/t53-,54+,59+,60-,61-,62-,63-,64-,65-,66+,71-,72-,73-,74+/m0/s1. The number of benzene rings is 3. The number of carbonyl (C=O) groups is 14. The number of guanidine groups is 1. The number of methoxy groups -OCH3 is 2. The summed E-state index contributed by atoms with van der Waals surface area (Å²) >= 11 is 0. The van der Waals surface area contributed by atoms with E-state index in [1.807, 2.05) is 60.5 Å². The highest BCUT2D eigenvalue weighted by Crippen LogP contribution is 2.31. The highest BCUT2D eigenvalue weighted by Gasteiger charge is 2.44. The lowest BCUT2D eigenvalue weighted by molar-refractivity contribution is -0.148. The van der Waals surface area contributed by atoms with Gasteiger partial charge in [0.25, 0.3) is 11.8 Å². The lowest BCUT2D eigenvalue weighted by Gasteiger charge is -2.41.